The van der Waals surface area contributed by atoms with Crippen LogP contribution in [0.1, 0.15) is 25.8 Å². The molecule has 0 amide bonds. The highest BCUT2D eigenvalue weighted by atomic mass is 16.5. The molecular formula is C22H27N3O2. The van der Waals surface area contributed by atoms with Crippen LogP contribution in [-0.4, -0.2) is 47.4 Å². The fourth-order valence-electron chi connectivity index (χ4n) is 3.07. The van der Waals surface area contributed by atoms with Gasteiger partial charge in [-0.2, -0.15) is 0 Å². The molecule has 1 heterocycles. The lowest BCUT2D eigenvalue weighted by molar-refractivity contribution is 0.249. The van der Waals surface area contributed by atoms with E-state index in [-0.39, 0.29) is 5.88 Å². The van der Waals surface area contributed by atoms with Crippen LogP contribution in [0.2, 0.25) is 0 Å². The fraction of sp³-hybridized carbons (Fsp3) is 0.318. The number of nitrogens with one attached hydrogen (secondary N) is 1. The van der Waals surface area contributed by atoms with Crippen LogP contribution in [0.15, 0.2) is 53.5 Å². The monoisotopic (exact) mass is 365 g/mol. The highest BCUT2D eigenvalue weighted by Gasteiger charge is 2.07. The van der Waals surface area contributed by atoms with Gasteiger partial charge in [-0.3, -0.25) is 4.99 Å². The van der Waals surface area contributed by atoms with Crippen LogP contribution in [-0.2, 0) is 0 Å². The zero-order valence-corrected chi connectivity index (χ0v) is 16.0. The molecule has 0 saturated carbocycles. The minimum Gasteiger partial charge on any atom is -0.494 e. The number of hydrogen-bond acceptors (Lipinski definition) is 4. The summed E-state index contributed by atoms with van der Waals surface area (Å²) in [6, 6.07) is 15.5. The van der Waals surface area contributed by atoms with Crippen LogP contribution in [0.25, 0.3) is 10.9 Å². The van der Waals surface area contributed by atoms with Gasteiger partial charge in [-0.05, 0) is 49.8 Å². The Morgan fingerprint density at radius 2 is 1.81 bits per heavy atom. The van der Waals surface area contributed by atoms with Crippen LogP contribution < -0.4 is 4.74 Å². The van der Waals surface area contributed by atoms with E-state index < -0.39 is 0 Å². The second-order valence-electron chi connectivity index (χ2n) is 6.41. The predicted octanol–water partition coefficient (Wildman–Crippen LogP) is 4.73. The molecule has 1 aromatic heterocycles. The highest BCUT2D eigenvalue weighted by Crippen LogP contribution is 2.26. The molecule has 5 nitrogen and oxygen atoms in total. The third kappa shape index (κ3) is 4.89. The number of aromatic amines is 1. The molecule has 0 atom stereocenters. The SMILES string of the molecule is CCN(CC)CCCOc1ccc(N=Cc2c(O)[nH]c3ccccc23)cc1. The molecule has 0 radical (unpaired) electrons. The molecule has 3 aromatic rings. The van der Waals surface area contributed by atoms with Crippen molar-refractivity contribution in [2.75, 3.05) is 26.2 Å². The Kier molecular flexibility index (Phi) is 6.49. The quantitative estimate of drug-likeness (QED) is 0.425. The van der Waals surface area contributed by atoms with E-state index in [4.69, 9.17) is 4.74 Å². The van der Waals surface area contributed by atoms with Crippen molar-refractivity contribution in [3.05, 3.63) is 54.1 Å². The lowest BCUT2D eigenvalue weighted by Crippen LogP contribution is -2.25. The van der Waals surface area contributed by atoms with E-state index in [1.807, 2.05) is 48.5 Å². The first-order valence-electron chi connectivity index (χ1n) is 9.50. The van der Waals surface area contributed by atoms with Gasteiger partial charge in [0.1, 0.15) is 5.75 Å². The summed E-state index contributed by atoms with van der Waals surface area (Å²) < 4.78 is 5.80. The lowest BCUT2D eigenvalue weighted by atomic mass is 10.2. The maximum atomic E-state index is 10.1. The number of nitrogens with zero attached hydrogens (tertiary/aromatic N) is 2. The zero-order valence-electron chi connectivity index (χ0n) is 16.0. The second-order valence-corrected chi connectivity index (χ2v) is 6.41. The average molecular weight is 365 g/mol. The van der Waals surface area contributed by atoms with Gasteiger partial charge in [-0.25, -0.2) is 0 Å². The Morgan fingerprint density at radius 1 is 1.07 bits per heavy atom. The molecule has 0 fully saturated rings. The van der Waals surface area contributed by atoms with Crippen LogP contribution in [0.3, 0.4) is 0 Å². The number of benzene rings is 2. The molecule has 0 saturated heterocycles. The summed E-state index contributed by atoms with van der Waals surface area (Å²) in [5, 5.41) is 11.0. The van der Waals surface area contributed by atoms with Crippen molar-refractivity contribution < 1.29 is 9.84 Å². The molecule has 5 heteroatoms. The minimum absolute atomic E-state index is 0.133. The van der Waals surface area contributed by atoms with Gasteiger partial charge in [0.05, 0.1) is 17.9 Å². The van der Waals surface area contributed by atoms with Gasteiger partial charge in [-0.1, -0.05) is 32.0 Å². The van der Waals surface area contributed by atoms with Crippen molar-refractivity contribution in [3.8, 4) is 11.6 Å². The molecular weight excluding hydrogens is 338 g/mol. The smallest absolute Gasteiger partial charge is 0.198 e. The van der Waals surface area contributed by atoms with E-state index in [1.54, 1.807) is 6.21 Å². The number of hydrogen-bond donors (Lipinski definition) is 2. The molecule has 0 aliphatic heterocycles. The van der Waals surface area contributed by atoms with Crippen LogP contribution in [0.4, 0.5) is 5.69 Å². The molecule has 3 rings (SSSR count). The van der Waals surface area contributed by atoms with Gasteiger partial charge >= 0.3 is 0 Å². The number of fused-ring (bicyclic) bond motifs is 1. The number of para-hydroxylation sites is 1. The van der Waals surface area contributed by atoms with Crippen molar-refractivity contribution in [3.63, 3.8) is 0 Å². The van der Waals surface area contributed by atoms with Crippen molar-refractivity contribution in [2.45, 2.75) is 20.3 Å². The average Bonchev–Trinajstić information content (AvgIpc) is 3.02. The minimum atomic E-state index is 0.133. The summed E-state index contributed by atoms with van der Waals surface area (Å²) in [6.07, 6.45) is 2.70. The molecule has 0 aliphatic carbocycles. The predicted molar refractivity (Wildman–Crippen MR) is 112 cm³/mol. The summed E-state index contributed by atoms with van der Waals surface area (Å²) in [6.45, 7) is 8.29. The Hall–Kier alpha value is -2.79. The second kappa shape index (κ2) is 9.24. The van der Waals surface area contributed by atoms with Crippen molar-refractivity contribution in [1.29, 1.82) is 0 Å². The van der Waals surface area contributed by atoms with E-state index in [2.05, 4.69) is 28.7 Å². The first-order valence-corrected chi connectivity index (χ1v) is 9.50. The van der Waals surface area contributed by atoms with E-state index in [9.17, 15) is 5.11 Å². The van der Waals surface area contributed by atoms with E-state index in [1.165, 1.54) is 0 Å². The first-order chi connectivity index (χ1) is 13.2. The van der Waals surface area contributed by atoms with Gasteiger partial charge in [0.2, 0.25) is 0 Å². The summed E-state index contributed by atoms with van der Waals surface area (Å²) in [5.41, 5.74) is 2.41. The Morgan fingerprint density at radius 3 is 2.56 bits per heavy atom. The normalized spacial score (nSPS) is 11.7. The molecule has 142 valence electrons. The Balaban J connectivity index is 1.57. The van der Waals surface area contributed by atoms with Gasteiger partial charge in [0.15, 0.2) is 5.88 Å². The van der Waals surface area contributed by atoms with Crippen molar-refractivity contribution >= 4 is 22.8 Å². The largest absolute Gasteiger partial charge is 0.494 e. The highest BCUT2D eigenvalue weighted by molar-refractivity contribution is 6.02. The van der Waals surface area contributed by atoms with Crippen LogP contribution >= 0.6 is 0 Å². The summed E-state index contributed by atoms with van der Waals surface area (Å²) in [4.78, 5) is 9.82. The number of rotatable bonds is 9. The lowest BCUT2D eigenvalue weighted by Gasteiger charge is -2.17. The number of aromatic nitrogens is 1. The van der Waals surface area contributed by atoms with E-state index in [0.717, 1.165) is 48.4 Å². The summed E-state index contributed by atoms with van der Waals surface area (Å²) in [7, 11) is 0. The van der Waals surface area contributed by atoms with Crippen molar-refractivity contribution in [2.24, 2.45) is 4.99 Å². The van der Waals surface area contributed by atoms with E-state index >= 15 is 0 Å². The number of H-pyrrole nitrogens is 1. The molecule has 0 bridgehead atoms. The molecule has 0 unspecified atom stereocenters. The first kappa shape index (κ1) is 19.0. The molecule has 2 N–H and O–H groups in total. The third-order valence-electron chi connectivity index (χ3n) is 4.69. The summed E-state index contributed by atoms with van der Waals surface area (Å²) >= 11 is 0. The third-order valence-corrected chi connectivity index (χ3v) is 4.69. The van der Waals surface area contributed by atoms with E-state index in [0.29, 0.717) is 12.2 Å². The van der Waals surface area contributed by atoms with Gasteiger partial charge in [0, 0.05) is 23.7 Å². The maximum absolute atomic E-state index is 10.1. The number of aliphatic imine (C=N–C) groups is 1. The van der Waals surface area contributed by atoms with Gasteiger partial charge in [-0.15, -0.1) is 0 Å². The molecule has 0 spiro atoms. The van der Waals surface area contributed by atoms with Crippen LogP contribution in [0, 0.1) is 0 Å². The van der Waals surface area contributed by atoms with Gasteiger partial charge in [0.25, 0.3) is 0 Å². The Labute approximate surface area is 160 Å². The summed E-state index contributed by atoms with van der Waals surface area (Å²) in [5.74, 6) is 0.983. The maximum Gasteiger partial charge on any atom is 0.198 e. The molecule has 27 heavy (non-hydrogen) atoms. The van der Waals surface area contributed by atoms with Crippen LogP contribution in [0.5, 0.6) is 11.6 Å². The Bertz CT molecular complexity index is 880. The standard InChI is InChI=1S/C22H27N3O2/c1-3-25(4-2)14-7-15-27-18-12-10-17(11-13-18)23-16-20-19-8-5-6-9-21(19)24-22(20)26/h5-6,8-13,16,24,26H,3-4,7,14-15H2,1-2H3. The number of ether oxygens (including phenoxy) is 1. The zero-order chi connectivity index (χ0) is 19.1. The van der Waals surface area contributed by atoms with Crippen molar-refractivity contribution in [1.82, 2.24) is 9.88 Å². The topological polar surface area (TPSA) is 60.9 Å². The number of aromatic hydroxyl groups is 1. The fourth-order valence-corrected chi connectivity index (χ4v) is 3.07. The van der Waals surface area contributed by atoms with Gasteiger partial charge < -0.3 is 19.7 Å². The molecule has 2 aromatic carbocycles. The molecule has 0 aliphatic rings.